The number of hydrogen-bond acceptors (Lipinski definition) is 3. The summed E-state index contributed by atoms with van der Waals surface area (Å²) in [5.74, 6) is 3.59. The molecule has 1 unspecified atom stereocenters. The number of thioether (sulfide) groups is 1. The Morgan fingerprint density at radius 3 is 3.21 bits per heavy atom. The molecule has 0 radical (unpaired) electrons. The smallest absolute Gasteiger partial charge is 0.129 e. The highest BCUT2D eigenvalue weighted by Gasteiger charge is 2.14. The largest absolute Gasteiger partial charge is 0.366 e. The number of nitrogens with zero attached hydrogens (tertiary/aromatic N) is 1. The second-order valence-electron chi connectivity index (χ2n) is 3.73. The van der Waals surface area contributed by atoms with E-state index in [-0.39, 0.29) is 0 Å². The maximum Gasteiger partial charge on any atom is 0.129 e. The van der Waals surface area contributed by atoms with Crippen molar-refractivity contribution < 1.29 is 0 Å². The third-order valence-corrected chi connectivity index (χ3v) is 3.73. The van der Waals surface area contributed by atoms with Gasteiger partial charge in [0.05, 0.1) is 0 Å². The quantitative estimate of drug-likeness (QED) is 0.809. The standard InChI is InChI=1S/C11H16N2S/c1-9-4-2-6-12-11(9)13-10-5-3-7-14-8-10/h2,4,6,10H,3,5,7-8H2,1H3,(H,12,13). The maximum atomic E-state index is 4.35. The minimum Gasteiger partial charge on any atom is -0.366 e. The van der Waals surface area contributed by atoms with Gasteiger partial charge in [-0.15, -0.1) is 0 Å². The van der Waals surface area contributed by atoms with Crippen LogP contribution in [-0.4, -0.2) is 22.5 Å². The topological polar surface area (TPSA) is 24.9 Å². The Kier molecular flexibility index (Phi) is 3.30. The zero-order valence-electron chi connectivity index (χ0n) is 8.49. The van der Waals surface area contributed by atoms with Crippen LogP contribution in [-0.2, 0) is 0 Å². The van der Waals surface area contributed by atoms with Crippen LogP contribution in [0, 0.1) is 6.92 Å². The molecular weight excluding hydrogens is 192 g/mol. The molecule has 1 aromatic rings. The summed E-state index contributed by atoms with van der Waals surface area (Å²) in [6, 6.07) is 4.70. The fourth-order valence-electron chi connectivity index (χ4n) is 1.68. The van der Waals surface area contributed by atoms with Gasteiger partial charge in [-0.2, -0.15) is 11.8 Å². The van der Waals surface area contributed by atoms with Crippen molar-refractivity contribution in [2.75, 3.05) is 16.8 Å². The van der Waals surface area contributed by atoms with Crippen molar-refractivity contribution in [2.24, 2.45) is 0 Å². The zero-order valence-corrected chi connectivity index (χ0v) is 9.31. The fourth-order valence-corrected chi connectivity index (χ4v) is 2.76. The maximum absolute atomic E-state index is 4.35. The van der Waals surface area contributed by atoms with Crippen molar-refractivity contribution in [1.82, 2.24) is 4.98 Å². The fraction of sp³-hybridized carbons (Fsp3) is 0.545. The number of anilines is 1. The molecule has 0 bridgehead atoms. The van der Waals surface area contributed by atoms with E-state index < -0.39 is 0 Å². The first-order valence-electron chi connectivity index (χ1n) is 5.12. The first kappa shape index (κ1) is 9.84. The highest BCUT2D eigenvalue weighted by atomic mass is 32.2. The van der Waals surface area contributed by atoms with Gasteiger partial charge in [-0.3, -0.25) is 0 Å². The third kappa shape index (κ3) is 2.41. The van der Waals surface area contributed by atoms with E-state index in [1.165, 1.54) is 29.9 Å². The van der Waals surface area contributed by atoms with E-state index >= 15 is 0 Å². The first-order chi connectivity index (χ1) is 6.86. The summed E-state index contributed by atoms with van der Waals surface area (Å²) in [6.07, 6.45) is 4.46. The van der Waals surface area contributed by atoms with Gasteiger partial charge in [-0.1, -0.05) is 6.07 Å². The predicted octanol–water partition coefficient (Wildman–Crippen LogP) is 2.70. The molecule has 3 heteroatoms. The van der Waals surface area contributed by atoms with Crippen LogP contribution in [0.2, 0.25) is 0 Å². The van der Waals surface area contributed by atoms with Gasteiger partial charge in [-0.25, -0.2) is 4.98 Å². The number of nitrogens with one attached hydrogen (secondary N) is 1. The van der Waals surface area contributed by atoms with Crippen LogP contribution in [0.1, 0.15) is 18.4 Å². The Morgan fingerprint density at radius 1 is 1.57 bits per heavy atom. The Morgan fingerprint density at radius 2 is 2.50 bits per heavy atom. The van der Waals surface area contributed by atoms with E-state index in [4.69, 9.17) is 0 Å². The van der Waals surface area contributed by atoms with E-state index in [1.807, 2.05) is 24.0 Å². The minimum absolute atomic E-state index is 0.613. The third-order valence-electron chi connectivity index (χ3n) is 2.51. The number of rotatable bonds is 2. The van der Waals surface area contributed by atoms with E-state index in [0.29, 0.717) is 6.04 Å². The molecule has 76 valence electrons. The van der Waals surface area contributed by atoms with E-state index in [1.54, 1.807) is 0 Å². The zero-order chi connectivity index (χ0) is 9.80. The number of pyridine rings is 1. The summed E-state index contributed by atoms with van der Waals surface area (Å²) in [5, 5.41) is 3.52. The van der Waals surface area contributed by atoms with Gasteiger partial charge in [0, 0.05) is 18.0 Å². The molecule has 1 aliphatic heterocycles. The van der Waals surface area contributed by atoms with Gasteiger partial charge in [0.2, 0.25) is 0 Å². The number of aryl methyl sites for hydroxylation is 1. The first-order valence-corrected chi connectivity index (χ1v) is 6.27. The molecule has 0 amide bonds. The van der Waals surface area contributed by atoms with Crippen LogP contribution in [0.25, 0.3) is 0 Å². The Labute approximate surface area is 89.5 Å². The van der Waals surface area contributed by atoms with Crippen LogP contribution < -0.4 is 5.32 Å². The van der Waals surface area contributed by atoms with E-state index in [9.17, 15) is 0 Å². The van der Waals surface area contributed by atoms with Crippen molar-refractivity contribution in [3.05, 3.63) is 23.9 Å². The lowest BCUT2D eigenvalue weighted by Gasteiger charge is -2.23. The molecule has 2 heterocycles. The molecule has 0 aliphatic carbocycles. The molecule has 2 nitrogen and oxygen atoms in total. The van der Waals surface area contributed by atoms with Crippen LogP contribution in [0.4, 0.5) is 5.82 Å². The van der Waals surface area contributed by atoms with Gasteiger partial charge < -0.3 is 5.32 Å². The van der Waals surface area contributed by atoms with Crippen molar-refractivity contribution in [3.63, 3.8) is 0 Å². The van der Waals surface area contributed by atoms with Crippen LogP contribution in [0.5, 0.6) is 0 Å². The van der Waals surface area contributed by atoms with Crippen LogP contribution in [0.3, 0.4) is 0 Å². The Hall–Kier alpha value is -0.700. The molecule has 1 atom stereocenters. The summed E-state index contributed by atoms with van der Waals surface area (Å²) in [6.45, 7) is 2.10. The SMILES string of the molecule is Cc1cccnc1NC1CCCSC1. The van der Waals surface area contributed by atoms with Crippen LogP contribution >= 0.6 is 11.8 Å². The van der Waals surface area contributed by atoms with Crippen molar-refractivity contribution in [1.29, 1.82) is 0 Å². The van der Waals surface area contributed by atoms with Gasteiger partial charge >= 0.3 is 0 Å². The molecule has 0 aromatic carbocycles. The second-order valence-corrected chi connectivity index (χ2v) is 4.88. The molecule has 0 spiro atoms. The molecule has 1 aromatic heterocycles. The number of hydrogen-bond donors (Lipinski definition) is 1. The second kappa shape index (κ2) is 4.69. The van der Waals surface area contributed by atoms with E-state index in [0.717, 1.165) is 5.82 Å². The lowest BCUT2D eigenvalue weighted by atomic mass is 10.2. The molecule has 1 N–H and O–H groups in total. The summed E-state index contributed by atoms with van der Waals surface area (Å²) >= 11 is 2.04. The predicted molar refractivity (Wildman–Crippen MR) is 62.9 cm³/mol. The molecule has 2 rings (SSSR count). The summed E-state index contributed by atoms with van der Waals surface area (Å²) in [5.41, 5.74) is 1.24. The van der Waals surface area contributed by atoms with Crippen molar-refractivity contribution >= 4 is 17.6 Å². The monoisotopic (exact) mass is 208 g/mol. The van der Waals surface area contributed by atoms with Crippen molar-refractivity contribution in [2.45, 2.75) is 25.8 Å². The lowest BCUT2D eigenvalue weighted by molar-refractivity contribution is 0.681. The summed E-state index contributed by atoms with van der Waals surface area (Å²) < 4.78 is 0. The number of aromatic nitrogens is 1. The molecule has 1 fully saturated rings. The minimum atomic E-state index is 0.613. The summed E-state index contributed by atoms with van der Waals surface area (Å²) in [4.78, 5) is 4.35. The average molecular weight is 208 g/mol. The van der Waals surface area contributed by atoms with Gasteiger partial charge in [0.15, 0.2) is 0 Å². The summed E-state index contributed by atoms with van der Waals surface area (Å²) in [7, 11) is 0. The lowest BCUT2D eigenvalue weighted by Crippen LogP contribution is -2.26. The normalized spacial score (nSPS) is 21.9. The van der Waals surface area contributed by atoms with Gasteiger partial charge in [0.1, 0.15) is 5.82 Å². The molecular formula is C11H16N2S. The average Bonchev–Trinajstić information content (AvgIpc) is 2.23. The highest BCUT2D eigenvalue weighted by molar-refractivity contribution is 7.99. The highest BCUT2D eigenvalue weighted by Crippen LogP contribution is 2.21. The molecule has 0 saturated carbocycles. The van der Waals surface area contributed by atoms with Gasteiger partial charge in [-0.05, 0) is 37.1 Å². The van der Waals surface area contributed by atoms with E-state index in [2.05, 4.69) is 23.3 Å². The Bertz CT molecular complexity index is 295. The van der Waals surface area contributed by atoms with Crippen molar-refractivity contribution in [3.8, 4) is 0 Å². The Balaban J connectivity index is 1.99. The molecule has 14 heavy (non-hydrogen) atoms. The van der Waals surface area contributed by atoms with Gasteiger partial charge in [0.25, 0.3) is 0 Å². The van der Waals surface area contributed by atoms with Crippen LogP contribution in [0.15, 0.2) is 18.3 Å². The molecule has 1 saturated heterocycles. The molecule has 1 aliphatic rings.